The predicted octanol–water partition coefficient (Wildman–Crippen LogP) is 2.47. The van der Waals surface area contributed by atoms with Gasteiger partial charge < -0.3 is 15.5 Å². The molecule has 1 aromatic carbocycles. The number of fused-ring (bicyclic) bond motifs is 1. The van der Waals surface area contributed by atoms with Crippen molar-refractivity contribution in [2.75, 3.05) is 12.8 Å². The fourth-order valence-electron chi connectivity index (χ4n) is 2.40. The molecule has 3 rings (SSSR count). The number of nitrogens with two attached hydrogens (primary N) is 1. The number of aromatic nitrogens is 3. The van der Waals surface area contributed by atoms with Gasteiger partial charge in [0.1, 0.15) is 11.6 Å². The van der Waals surface area contributed by atoms with Crippen LogP contribution in [0.5, 0.6) is 5.75 Å². The lowest BCUT2D eigenvalue weighted by molar-refractivity contribution is 0.421. The van der Waals surface area contributed by atoms with Crippen molar-refractivity contribution in [1.82, 2.24) is 14.8 Å². The fourth-order valence-corrected chi connectivity index (χ4v) is 2.40. The highest BCUT2D eigenvalue weighted by atomic mass is 16.5. The SMILES string of the molecule is COc1c(-c2cnn(C)c2N)ccc2[nH]c(C)cc12. The molecular weight excluding hydrogens is 240 g/mol. The number of anilines is 1. The Morgan fingerprint density at radius 1 is 1.32 bits per heavy atom. The second kappa shape index (κ2) is 4.05. The number of nitrogens with zero attached hydrogens (tertiary/aromatic N) is 2. The van der Waals surface area contributed by atoms with E-state index in [0.717, 1.165) is 33.5 Å². The van der Waals surface area contributed by atoms with Crippen LogP contribution >= 0.6 is 0 Å². The van der Waals surface area contributed by atoms with Gasteiger partial charge in [-0.1, -0.05) is 0 Å². The highest BCUT2D eigenvalue weighted by molar-refractivity contribution is 5.95. The van der Waals surface area contributed by atoms with Gasteiger partial charge in [-0.2, -0.15) is 5.10 Å². The second-order valence-electron chi connectivity index (χ2n) is 4.63. The zero-order valence-corrected chi connectivity index (χ0v) is 11.2. The average Bonchev–Trinajstić information content (AvgIpc) is 2.92. The number of aryl methyl sites for hydroxylation is 2. The van der Waals surface area contributed by atoms with Crippen molar-refractivity contribution in [3.05, 3.63) is 30.1 Å². The molecule has 0 fully saturated rings. The predicted molar refractivity (Wildman–Crippen MR) is 76.2 cm³/mol. The van der Waals surface area contributed by atoms with E-state index in [2.05, 4.69) is 16.1 Å². The molecule has 0 amide bonds. The summed E-state index contributed by atoms with van der Waals surface area (Å²) in [6.45, 7) is 2.03. The van der Waals surface area contributed by atoms with E-state index in [1.165, 1.54) is 0 Å². The van der Waals surface area contributed by atoms with E-state index >= 15 is 0 Å². The maximum absolute atomic E-state index is 6.04. The van der Waals surface area contributed by atoms with Crippen molar-refractivity contribution < 1.29 is 4.74 Å². The van der Waals surface area contributed by atoms with E-state index < -0.39 is 0 Å². The Hall–Kier alpha value is -2.43. The number of nitrogen functional groups attached to an aromatic ring is 1. The van der Waals surface area contributed by atoms with Gasteiger partial charge in [-0.25, -0.2) is 0 Å². The number of benzene rings is 1. The molecule has 0 bridgehead atoms. The molecule has 5 heteroatoms. The minimum absolute atomic E-state index is 0.630. The molecule has 0 saturated heterocycles. The fraction of sp³-hybridized carbons (Fsp3) is 0.214. The molecule has 0 radical (unpaired) electrons. The van der Waals surface area contributed by atoms with E-state index in [0.29, 0.717) is 5.82 Å². The van der Waals surface area contributed by atoms with Gasteiger partial charge in [0.25, 0.3) is 0 Å². The topological polar surface area (TPSA) is 68.9 Å². The molecule has 0 unspecified atom stereocenters. The monoisotopic (exact) mass is 256 g/mol. The van der Waals surface area contributed by atoms with Crippen LogP contribution in [0.1, 0.15) is 5.69 Å². The molecule has 5 nitrogen and oxygen atoms in total. The van der Waals surface area contributed by atoms with E-state index in [1.807, 2.05) is 26.1 Å². The Labute approximate surface area is 111 Å². The minimum atomic E-state index is 0.630. The van der Waals surface area contributed by atoms with Crippen LogP contribution in [-0.4, -0.2) is 21.9 Å². The average molecular weight is 256 g/mol. The molecular formula is C14H16N4O. The summed E-state index contributed by atoms with van der Waals surface area (Å²) < 4.78 is 7.23. The Morgan fingerprint density at radius 2 is 2.11 bits per heavy atom. The summed E-state index contributed by atoms with van der Waals surface area (Å²) in [4.78, 5) is 3.30. The Bertz CT molecular complexity index is 754. The first kappa shape index (κ1) is 11.6. The van der Waals surface area contributed by atoms with Crippen molar-refractivity contribution in [2.24, 2.45) is 7.05 Å². The van der Waals surface area contributed by atoms with Crippen molar-refractivity contribution in [3.63, 3.8) is 0 Å². The molecule has 0 aliphatic carbocycles. The molecule has 0 saturated carbocycles. The quantitative estimate of drug-likeness (QED) is 0.740. The van der Waals surface area contributed by atoms with Gasteiger partial charge in [0, 0.05) is 34.8 Å². The number of aromatic amines is 1. The van der Waals surface area contributed by atoms with E-state index in [-0.39, 0.29) is 0 Å². The summed E-state index contributed by atoms with van der Waals surface area (Å²) in [6, 6.07) is 6.11. The van der Waals surface area contributed by atoms with Gasteiger partial charge >= 0.3 is 0 Å². The van der Waals surface area contributed by atoms with Crippen LogP contribution in [0.4, 0.5) is 5.82 Å². The summed E-state index contributed by atoms with van der Waals surface area (Å²) in [7, 11) is 3.50. The Kier molecular flexibility index (Phi) is 2.48. The largest absolute Gasteiger partial charge is 0.495 e. The van der Waals surface area contributed by atoms with Gasteiger partial charge in [0.2, 0.25) is 0 Å². The third kappa shape index (κ3) is 1.66. The highest BCUT2D eigenvalue weighted by Crippen LogP contribution is 2.38. The third-order valence-corrected chi connectivity index (χ3v) is 3.37. The normalized spacial score (nSPS) is 11.1. The van der Waals surface area contributed by atoms with Gasteiger partial charge in [-0.05, 0) is 25.1 Å². The van der Waals surface area contributed by atoms with Gasteiger partial charge in [0.15, 0.2) is 0 Å². The summed E-state index contributed by atoms with van der Waals surface area (Å²) in [5, 5.41) is 5.24. The summed E-state index contributed by atoms with van der Waals surface area (Å²) in [6.07, 6.45) is 1.76. The molecule has 0 atom stereocenters. The van der Waals surface area contributed by atoms with Crippen molar-refractivity contribution in [1.29, 1.82) is 0 Å². The number of nitrogens with one attached hydrogen (secondary N) is 1. The second-order valence-corrected chi connectivity index (χ2v) is 4.63. The lowest BCUT2D eigenvalue weighted by atomic mass is 10.0. The molecule has 0 aliphatic heterocycles. The Balaban J connectivity index is 2.32. The van der Waals surface area contributed by atoms with E-state index in [9.17, 15) is 0 Å². The molecule has 98 valence electrons. The van der Waals surface area contributed by atoms with E-state index in [4.69, 9.17) is 10.5 Å². The smallest absolute Gasteiger partial charge is 0.136 e. The number of hydrogen-bond donors (Lipinski definition) is 2. The van der Waals surface area contributed by atoms with Gasteiger partial charge in [-0.3, -0.25) is 4.68 Å². The summed E-state index contributed by atoms with van der Waals surface area (Å²) in [5.41, 5.74) is 10.0. The molecule has 0 aliphatic rings. The van der Waals surface area contributed by atoms with Crippen LogP contribution in [0.2, 0.25) is 0 Å². The maximum atomic E-state index is 6.04. The first-order valence-corrected chi connectivity index (χ1v) is 6.06. The standard InChI is InChI=1S/C14H16N4O/c1-8-6-10-12(17-8)5-4-9(13(10)19-3)11-7-16-18(2)14(11)15/h4-7,17H,15H2,1-3H3. The number of hydrogen-bond acceptors (Lipinski definition) is 3. The van der Waals surface area contributed by atoms with Crippen LogP contribution in [0.15, 0.2) is 24.4 Å². The minimum Gasteiger partial charge on any atom is -0.495 e. The lowest BCUT2D eigenvalue weighted by Crippen LogP contribution is -1.98. The molecule has 2 heterocycles. The van der Waals surface area contributed by atoms with Crippen LogP contribution in [0.3, 0.4) is 0 Å². The van der Waals surface area contributed by atoms with Gasteiger partial charge in [-0.15, -0.1) is 0 Å². The molecule has 19 heavy (non-hydrogen) atoms. The number of methoxy groups -OCH3 is 1. The molecule has 2 aromatic heterocycles. The first-order chi connectivity index (χ1) is 9.11. The van der Waals surface area contributed by atoms with Crippen LogP contribution < -0.4 is 10.5 Å². The zero-order valence-electron chi connectivity index (χ0n) is 11.2. The van der Waals surface area contributed by atoms with E-state index in [1.54, 1.807) is 18.0 Å². The van der Waals surface area contributed by atoms with Crippen molar-refractivity contribution >= 4 is 16.7 Å². The lowest BCUT2D eigenvalue weighted by Gasteiger charge is -2.09. The third-order valence-electron chi connectivity index (χ3n) is 3.37. The molecule has 0 spiro atoms. The van der Waals surface area contributed by atoms with Crippen LogP contribution in [0.25, 0.3) is 22.0 Å². The number of ether oxygens (including phenoxy) is 1. The highest BCUT2D eigenvalue weighted by Gasteiger charge is 2.15. The van der Waals surface area contributed by atoms with Crippen molar-refractivity contribution in [3.8, 4) is 16.9 Å². The molecule has 3 N–H and O–H groups in total. The summed E-state index contributed by atoms with van der Waals surface area (Å²) >= 11 is 0. The maximum Gasteiger partial charge on any atom is 0.136 e. The van der Waals surface area contributed by atoms with Gasteiger partial charge in [0.05, 0.1) is 13.3 Å². The zero-order chi connectivity index (χ0) is 13.6. The number of H-pyrrole nitrogens is 1. The summed E-state index contributed by atoms with van der Waals surface area (Å²) in [5.74, 6) is 1.45. The first-order valence-electron chi connectivity index (χ1n) is 6.06. The Morgan fingerprint density at radius 3 is 2.74 bits per heavy atom. The van der Waals surface area contributed by atoms with Crippen LogP contribution in [0, 0.1) is 6.92 Å². The number of rotatable bonds is 2. The molecule has 3 aromatic rings. The van der Waals surface area contributed by atoms with Crippen LogP contribution in [-0.2, 0) is 7.05 Å². The van der Waals surface area contributed by atoms with Crippen molar-refractivity contribution in [2.45, 2.75) is 6.92 Å².